The van der Waals surface area contributed by atoms with E-state index in [0.29, 0.717) is 11.3 Å². The summed E-state index contributed by atoms with van der Waals surface area (Å²) in [5, 5.41) is 3.69. The molecule has 3 rings (SSSR count). The van der Waals surface area contributed by atoms with Crippen LogP contribution >= 0.6 is 0 Å². The minimum atomic E-state index is -3.74. The lowest BCUT2D eigenvalue weighted by Gasteiger charge is -2.07. The van der Waals surface area contributed by atoms with Crippen molar-refractivity contribution in [2.24, 2.45) is 0 Å². The second kappa shape index (κ2) is 6.13. The van der Waals surface area contributed by atoms with Crippen LogP contribution in [0.2, 0.25) is 0 Å². The van der Waals surface area contributed by atoms with Crippen molar-refractivity contribution in [2.75, 3.05) is 11.8 Å². The van der Waals surface area contributed by atoms with Gasteiger partial charge < -0.3 is 9.26 Å². The molecule has 7 heteroatoms. The van der Waals surface area contributed by atoms with Crippen LogP contribution in [0.4, 0.5) is 5.88 Å². The molecule has 0 radical (unpaired) electrons. The maximum atomic E-state index is 12.4. The molecule has 0 amide bonds. The summed E-state index contributed by atoms with van der Waals surface area (Å²) in [4.78, 5) is 0.150. The van der Waals surface area contributed by atoms with Gasteiger partial charge in [0.2, 0.25) is 5.88 Å². The molecule has 0 aliphatic carbocycles. The summed E-state index contributed by atoms with van der Waals surface area (Å²) < 4.78 is 37.3. The molecule has 0 fully saturated rings. The van der Waals surface area contributed by atoms with Crippen LogP contribution in [-0.2, 0) is 10.0 Å². The van der Waals surface area contributed by atoms with Crippen LogP contribution in [0.3, 0.4) is 0 Å². The normalized spacial score (nSPS) is 11.2. The number of nitrogens with zero attached hydrogens (tertiary/aromatic N) is 1. The van der Waals surface area contributed by atoms with Crippen molar-refractivity contribution >= 4 is 15.9 Å². The predicted molar refractivity (Wildman–Crippen MR) is 85.7 cm³/mol. The summed E-state index contributed by atoms with van der Waals surface area (Å²) in [6, 6.07) is 15.2. The molecule has 0 unspecified atom stereocenters. The van der Waals surface area contributed by atoms with E-state index in [9.17, 15) is 8.42 Å². The standard InChI is InChI=1S/C16H14N2O4S/c1-21-13-9-7-12(8-10-13)15-11-17-22-16(15)18-23(19,20)14-5-3-2-4-6-14/h2-11,18H,1H3. The summed E-state index contributed by atoms with van der Waals surface area (Å²) in [6.45, 7) is 0. The Hall–Kier alpha value is -2.80. The van der Waals surface area contributed by atoms with Crippen LogP contribution in [0.1, 0.15) is 0 Å². The van der Waals surface area contributed by atoms with Crippen LogP contribution in [0.25, 0.3) is 11.1 Å². The van der Waals surface area contributed by atoms with Gasteiger partial charge in [0.1, 0.15) is 5.75 Å². The van der Waals surface area contributed by atoms with Crippen LogP contribution in [-0.4, -0.2) is 20.7 Å². The van der Waals surface area contributed by atoms with E-state index in [-0.39, 0.29) is 10.8 Å². The molecule has 1 heterocycles. The van der Waals surface area contributed by atoms with E-state index in [0.717, 1.165) is 5.56 Å². The van der Waals surface area contributed by atoms with E-state index < -0.39 is 10.0 Å². The van der Waals surface area contributed by atoms with Crippen molar-refractivity contribution in [1.82, 2.24) is 5.16 Å². The fourth-order valence-corrected chi connectivity index (χ4v) is 3.09. The first-order chi connectivity index (χ1) is 11.1. The average Bonchev–Trinajstić information content (AvgIpc) is 3.03. The Morgan fingerprint density at radius 3 is 2.39 bits per heavy atom. The second-order valence-electron chi connectivity index (χ2n) is 4.72. The number of aromatic nitrogens is 1. The third-order valence-electron chi connectivity index (χ3n) is 3.25. The fraction of sp³-hybridized carbons (Fsp3) is 0.0625. The maximum Gasteiger partial charge on any atom is 0.264 e. The van der Waals surface area contributed by atoms with Gasteiger partial charge in [-0.15, -0.1) is 0 Å². The molecule has 23 heavy (non-hydrogen) atoms. The highest BCUT2D eigenvalue weighted by molar-refractivity contribution is 7.92. The molecular formula is C16H14N2O4S. The third kappa shape index (κ3) is 3.19. The Kier molecular flexibility index (Phi) is 4.03. The van der Waals surface area contributed by atoms with Crippen LogP contribution < -0.4 is 9.46 Å². The first-order valence-electron chi connectivity index (χ1n) is 6.77. The SMILES string of the molecule is COc1ccc(-c2cnoc2NS(=O)(=O)c2ccccc2)cc1. The van der Waals surface area contributed by atoms with E-state index in [1.807, 2.05) is 0 Å². The number of ether oxygens (including phenoxy) is 1. The summed E-state index contributed by atoms with van der Waals surface area (Å²) >= 11 is 0. The monoisotopic (exact) mass is 330 g/mol. The Morgan fingerprint density at radius 2 is 1.74 bits per heavy atom. The Balaban J connectivity index is 1.92. The largest absolute Gasteiger partial charge is 0.497 e. The number of methoxy groups -OCH3 is 1. The quantitative estimate of drug-likeness (QED) is 0.777. The summed E-state index contributed by atoms with van der Waals surface area (Å²) in [6.07, 6.45) is 1.46. The summed E-state index contributed by atoms with van der Waals surface area (Å²) in [7, 11) is -2.16. The predicted octanol–water partition coefficient (Wildman–Crippen LogP) is 3.15. The van der Waals surface area contributed by atoms with Crippen LogP contribution in [0, 0.1) is 0 Å². The Labute approximate surface area is 133 Å². The number of sulfonamides is 1. The van der Waals surface area contributed by atoms with Crippen LogP contribution in [0.15, 0.2) is 70.2 Å². The van der Waals surface area contributed by atoms with E-state index in [4.69, 9.17) is 9.26 Å². The molecule has 0 saturated heterocycles. The number of rotatable bonds is 5. The van der Waals surface area contributed by atoms with Crippen molar-refractivity contribution in [1.29, 1.82) is 0 Å². The zero-order valence-corrected chi connectivity index (χ0v) is 13.1. The molecule has 118 valence electrons. The molecule has 0 saturated carbocycles. The van der Waals surface area contributed by atoms with Gasteiger partial charge in [0.15, 0.2) is 0 Å². The van der Waals surface area contributed by atoms with Crippen LogP contribution in [0.5, 0.6) is 5.75 Å². The molecule has 2 aromatic carbocycles. The topological polar surface area (TPSA) is 81.4 Å². The van der Waals surface area contributed by atoms with Gasteiger partial charge in [-0.05, 0) is 29.8 Å². The number of anilines is 1. The minimum absolute atomic E-state index is 0.0685. The lowest BCUT2D eigenvalue weighted by atomic mass is 10.1. The van der Waals surface area contributed by atoms with Gasteiger partial charge in [0, 0.05) is 0 Å². The zero-order valence-electron chi connectivity index (χ0n) is 12.3. The second-order valence-corrected chi connectivity index (χ2v) is 6.40. The van der Waals surface area contributed by atoms with Crippen molar-refractivity contribution < 1.29 is 17.7 Å². The molecular weight excluding hydrogens is 316 g/mol. The number of nitrogens with one attached hydrogen (secondary N) is 1. The van der Waals surface area contributed by atoms with Gasteiger partial charge in [0.05, 0.1) is 23.8 Å². The molecule has 1 aromatic heterocycles. The summed E-state index contributed by atoms with van der Waals surface area (Å²) in [5.41, 5.74) is 1.31. The van der Waals surface area contributed by atoms with E-state index in [1.54, 1.807) is 49.6 Å². The van der Waals surface area contributed by atoms with Crippen molar-refractivity contribution in [3.63, 3.8) is 0 Å². The average molecular weight is 330 g/mol. The maximum absolute atomic E-state index is 12.4. The molecule has 0 aliphatic heterocycles. The fourth-order valence-electron chi connectivity index (χ4n) is 2.07. The Morgan fingerprint density at radius 1 is 1.04 bits per heavy atom. The van der Waals surface area contributed by atoms with Crippen molar-refractivity contribution in [3.05, 3.63) is 60.8 Å². The lowest BCUT2D eigenvalue weighted by Crippen LogP contribution is -2.12. The number of hydrogen-bond acceptors (Lipinski definition) is 5. The molecule has 1 N–H and O–H groups in total. The molecule has 0 atom stereocenters. The molecule has 3 aromatic rings. The number of hydrogen-bond donors (Lipinski definition) is 1. The molecule has 6 nitrogen and oxygen atoms in total. The number of benzene rings is 2. The third-order valence-corrected chi connectivity index (χ3v) is 4.60. The van der Waals surface area contributed by atoms with E-state index in [2.05, 4.69) is 9.88 Å². The highest BCUT2D eigenvalue weighted by atomic mass is 32.2. The molecule has 0 aliphatic rings. The molecule has 0 bridgehead atoms. The van der Waals surface area contributed by atoms with E-state index >= 15 is 0 Å². The Bertz CT molecular complexity index is 887. The molecule has 0 spiro atoms. The van der Waals surface area contributed by atoms with Crippen molar-refractivity contribution in [3.8, 4) is 16.9 Å². The van der Waals surface area contributed by atoms with Gasteiger partial charge in [-0.3, -0.25) is 0 Å². The summed E-state index contributed by atoms with van der Waals surface area (Å²) in [5.74, 6) is 0.774. The van der Waals surface area contributed by atoms with Gasteiger partial charge in [0.25, 0.3) is 10.0 Å². The van der Waals surface area contributed by atoms with Gasteiger partial charge in [-0.25, -0.2) is 13.1 Å². The highest BCUT2D eigenvalue weighted by Gasteiger charge is 2.19. The van der Waals surface area contributed by atoms with E-state index in [1.165, 1.54) is 18.3 Å². The lowest BCUT2D eigenvalue weighted by molar-refractivity contribution is 0.415. The zero-order chi connectivity index (χ0) is 16.3. The van der Waals surface area contributed by atoms with Gasteiger partial charge in [-0.2, -0.15) is 0 Å². The van der Waals surface area contributed by atoms with Gasteiger partial charge in [-0.1, -0.05) is 35.5 Å². The minimum Gasteiger partial charge on any atom is -0.497 e. The van der Waals surface area contributed by atoms with Gasteiger partial charge >= 0.3 is 0 Å². The van der Waals surface area contributed by atoms with Crippen molar-refractivity contribution in [2.45, 2.75) is 4.90 Å². The first-order valence-corrected chi connectivity index (χ1v) is 8.25. The highest BCUT2D eigenvalue weighted by Crippen LogP contribution is 2.30. The first kappa shape index (κ1) is 15.1. The smallest absolute Gasteiger partial charge is 0.264 e.